The highest BCUT2D eigenvalue weighted by Gasteiger charge is 2.27. The van der Waals surface area contributed by atoms with Crippen LogP contribution in [-0.4, -0.2) is 29.5 Å². The van der Waals surface area contributed by atoms with E-state index in [1.807, 2.05) is 48.5 Å². The number of hydrogen-bond donors (Lipinski definition) is 1. The van der Waals surface area contributed by atoms with Gasteiger partial charge in [0.15, 0.2) is 0 Å². The fourth-order valence-electron chi connectivity index (χ4n) is 2.40. The molecular formula is C22H27NO4S2. The van der Waals surface area contributed by atoms with Crippen molar-refractivity contribution in [2.24, 2.45) is 0 Å². The molecule has 0 saturated carbocycles. The van der Waals surface area contributed by atoms with E-state index < -0.39 is 23.7 Å². The Labute approximate surface area is 180 Å². The third-order valence-corrected chi connectivity index (χ3v) is 6.05. The number of nitrogens with one attached hydrogen (secondary N) is 1. The summed E-state index contributed by atoms with van der Waals surface area (Å²) < 4.78 is 11.0. The number of benzene rings is 2. The first-order valence-electron chi connectivity index (χ1n) is 9.42. The first-order chi connectivity index (χ1) is 13.8. The largest absolute Gasteiger partial charge is 0.444 e. The van der Waals surface area contributed by atoms with Crippen molar-refractivity contribution in [1.82, 2.24) is 5.32 Å². The van der Waals surface area contributed by atoms with Crippen LogP contribution in [0.2, 0.25) is 0 Å². The second-order valence-corrected chi connectivity index (χ2v) is 9.87. The smallest absolute Gasteiger partial charge is 0.408 e. The Morgan fingerprint density at radius 1 is 1.03 bits per heavy atom. The topological polar surface area (TPSA) is 64.6 Å². The van der Waals surface area contributed by atoms with Crippen LogP contribution < -0.4 is 10.1 Å². The second kappa shape index (κ2) is 11.2. The molecule has 29 heavy (non-hydrogen) atoms. The molecule has 0 aliphatic carbocycles. The Balaban J connectivity index is 2.16. The SMILES string of the molecule is CCSSc1ccccc1OC(=O)C(Cc1ccccc1)NC(=O)OC(C)(C)C. The van der Waals surface area contributed by atoms with Crippen molar-refractivity contribution >= 4 is 33.7 Å². The van der Waals surface area contributed by atoms with Crippen LogP contribution in [0.15, 0.2) is 59.5 Å². The number of hydrogen-bond acceptors (Lipinski definition) is 6. The molecule has 1 atom stereocenters. The molecule has 2 aromatic carbocycles. The molecular weight excluding hydrogens is 406 g/mol. The van der Waals surface area contributed by atoms with E-state index >= 15 is 0 Å². The van der Waals surface area contributed by atoms with E-state index in [0.29, 0.717) is 12.2 Å². The van der Waals surface area contributed by atoms with Crippen LogP contribution in [0.1, 0.15) is 33.3 Å². The van der Waals surface area contributed by atoms with Crippen LogP contribution in [0.3, 0.4) is 0 Å². The van der Waals surface area contributed by atoms with E-state index in [2.05, 4.69) is 12.2 Å². The molecule has 156 valence electrons. The second-order valence-electron chi connectivity index (χ2n) is 7.25. The van der Waals surface area contributed by atoms with E-state index in [-0.39, 0.29) is 0 Å². The fourth-order valence-corrected chi connectivity index (χ4v) is 4.12. The van der Waals surface area contributed by atoms with Gasteiger partial charge in [0.2, 0.25) is 0 Å². The van der Waals surface area contributed by atoms with Crippen LogP contribution in [0.5, 0.6) is 5.75 Å². The van der Waals surface area contributed by atoms with Crippen LogP contribution >= 0.6 is 21.6 Å². The average molecular weight is 434 g/mol. The molecule has 0 saturated heterocycles. The molecule has 0 radical (unpaired) electrons. The normalized spacial score (nSPS) is 12.1. The van der Waals surface area contributed by atoms with Gasteiger partial charge in [0.1, 0.15) is 17.4 Å². The van der Waals surface area contributed by atoms with Gasteiger partial charge >= 0.3 is 12.1 Å². The zero-order chi connectivity index (χ0) is 21.3. The van der Waals surface area contributed by atoms with Crippen molar-refractivity contribution in [3.8, 4) is 5.75 Å². The minimum atomic E-state index is -0.871. The van der Waals surface area contributed by atoms with Gasteiger partial charge in [-0.3, -0.25) is 0 Å². The van der Waals surface area contributed by atoms with E-state index in [1.54, 1.807) is 48.4 Å². The molecule has 5 nitrogen and oxygen atoms in total. The predicted molar refractivity (Wildman–Crippen MR) is 119 cm³/mol. The van der Waals surface area contributed by atoms with E-state index in [4.69, 9.17) is 9.47 Å². The fraction of sp³-hybridized carbons (Fsp3) is 0.364. The molecule has 0 bridgehead atoms. The van der Waals surface area contributed by atoms with Gasteiger partial charge in [0.25, 0.3) is 0 Å². The highest BCUT2D eigenvalue weighted by Crippen LogP contribution is 2.37. The van der Waals surface area contributed by atoms with Crippen molar-refractivity contribution in [3.63, 3.8) is 0 Å². The summed E-state index contributed by atoms with van der Waals surface area (Å²) >= 11 is 0. The summed E-state index contributed by atoms with van der Waals surface area (Å²) in [6, 6.07) is 16.0. The number of ether oxygens (including phenoxy) is 2. The summed E-state index contributed by atoms with van der Waals surface area (Å²) in [5.41, 5.74) is 0.251. The zero-order valence-corrected chi connectivity index (χ0v) is 18.8. The lowest BCUT2D eigenvalue weighted by Crippen LogP contribution is -2.46. The van der Waals surface area contributed by atoms with Gasteiger partial charge in [-0.2, -0.15) is 0 Å². The third kappa shape index (κ3) is 8.41. The van der Waals surface area contributed by atoms with Crippen LogP contribution in [-0.2, 0) is 16.0 Å². The number of alkyl carbamates (subject to hydrolysis) is 1. The van der Waals surface area contributed by atoms with Gasteiger partial charge in [-0.1, -0.05) is 71.0 Å². The zero-order valence-electron chi connectivity index (χ0n) is 17.1. The standard InChI is InChI=1S/C22H27NO4S2/c1-5-28-29-19-14-10-9-13-18(19)26-20(24)17(15-16-11-7-6-8-12-16)23-21(25)27-22(2,3)4/h6-14,17H,5,15H2,1-4H3,(H,23,25). The molecule has 2 aromatic rings. The predicted octanol–water partition coefficient (Wildman–Crippen LogP) is 5.49. The Bertz CT molecular complexity index is 806. The lowest BCUT2D eigenvalue weighted by Gasteiger charge is -2.23. The van der Waals surface area contributed by atoms with E-state index in [0.717, 1.165) is 16.2 Å². The monoisotopic (exact) mass is 433 g/mol. The van der Waals surface area contributed by atoms with E-state index in [1.165, 1.54) is 0 Å². The summed E-state index contributed by atoms with van der Waals surface area (Å²) in [6.45, 7) is 7.38. The Morgan fingerprint density at radius 2 is 1.69 bits per heavy atom. The minimum absolute atomic E-state index is 0.304. The Kier molecular flexibility index (Phi) is 8.92. The number of esters is 1. The highest BCUT2D eigenvalue weighted by atomic mass is 33.1. The summed E-state index contributed by atoms with van der Waals surface area (Å²) in [5, 5.41) is 2.66. The molecule has 2 rings (SSSR count). The summed E-state index contributed by atoms with van der Waals surface area (Å²) in [7, 11) is 3.22. The van der Waals surface area contributed by atoms with Crippen LogP contribution in [0, 0.1) is 0 Å². The van der Waals surface area contributed by atoms with Gasteiger partial charge in [0, 0.05) is 12.2 Å². The van der Waals surface area contributed by atoms with Gasteiger partial charge in [-0.25, -0.2) is 9.59 Å². The molecule has 7 heteroatoms. The lowest BCUT2D eigenvalue weighted by atomic mass is 10.1. The molecule has 0 aliphatic rings. The van der Waals surface area contributed by atoms with Crippen LogP contribution in [0.25, 0.3) is 0 Å². The third-order valence-electron chi connectivity index (χ3n) is 3.58. The van der Waals surface area contributed by atoms with Gasteiger partial charge < -0.3 is 14.8 Å². The lowest BCUT2D eigenvalue weighted by molar-refractivity contribution is -0.136. The van der Waals surface area contributed by atoms with Gasteiger partial charge in [0.05, 0.1) is 4.90 Å². The molecule has 0 fully saturated rings. The highest BCUT2D eigenvalue weighted by molar-refractivity contribution is 8.76. The van der Waals surface area contributed by atoms with Crippen molar-refractivity contribution < 1.29 is 19.1 Å². The molecule has 0 aromatic heterocycles. The summed E-state index contributed by atoms with van der Waals surface area (Å²) in [6.07, 6.45) is -0.350. The van der Waals surface area contributed by atoms with Gasteiger partial charge in [-0.15, -0.1) is 0 Å². The maximum atomic E-state index is 12.9. The van der Waals surface area contributed by atoms with Crippen molar-refractivity contribution in [3.05, 3.63) is 60.2 Å². The van der Waals surface area contributed by atoms with Crippen LogP contribution in [0.4, 0.5) is 4.79 Å². The summed E-state index contributed by atoms with van der Waals surface area (Å²) in [4.78, 5) is 26.1. The minimum Gasteiger partial charge on any atom is -0.444 e. The first kappa shape index (κ1) is 23.2. The maximum absolute atomic E-state index is 12.9. The quantitative estimate of drug-likeness (QED) is 0.337. The number of amides is 1. The number of carbonyl (C=O) groups excluding carboxylic acids is 2. The molecule has 0 heterocycles. The molecule has 1 amide bonds. The molecule has 0 aliphatic heterocycles. The van der Waals surface area contributed by atoms with Crippen molar-refractivity contribution in [1.29, 1.82) is 0 Å². The summed E-state index contributed by atoms with van der Waals surface area (Å²) in [5.74, 6) is 0.880. The Morgan fingerprint density at radius 3 is 2.34 bits per heavy atom. The first-order valence-corrected chi connectivity index (χ1v) is 11.7. The number of para-hydroxylation sites is 1. The average Bonchev–Trinajstić information content (AvgIpc) is 2.66. The maximum Gasteiger partial charge on any atom is 0.408 e. The number of rotatable bonds is 8. The van der Waals surface area contributed by atoms with E-state index in [9.17, 15) is 9.59 Å². The van der Waals surface area contributed by atoms with Crippen molar-refractivity contribution in [2.45, 2.75) is 50.7 Å². The van der Waals surface area contributed by atoms with Crippen molar-refractivity contribution in [2.75, 3.05) is 5.75 Å². The molecule has 1 unspecified atom stereocenters. The number of carbonyl (C=O) groups is 2. The molecule has 0 spiro atoms. The molecule has 1 N–H and O–H groups in total. The van der Waals surface area contributed by atoms with Gasteiger partial charge in [-0.05, 0) is 38.5 Å². The Hall–Kier alpha value is -2.12.